The van der Waals surface area contributed by atoms with Crippen LogP contribution in [0.15, 0.2) is 42.5 Å². The van der Waals surface area contributed by atoms with Gasteiger partial charge < -0.3 is 18.9 Å². The maximum atomic E-state index is 12.4. The first-order chi connectivity index (χ1) is 12.7. The molecular weight excluding hydrogens is 332 g/mol. The van der Waals surface area contributed by atoms with Crippen molar-refractivity contribution in [3.05, 3.63) is 53.6 Å². The van der Waals surface area contributed by atoms with Crippen LogP contribution in [-0.2, 0) is 0 Å². The molecule has 0 spiro atoms. The zero-order chi connectivity index (χ0) is 18.4. The minimum absolute atomic E-state index is 0.104. The van der Waals surface area contributed by atoms with Crippen LogP contribution in [0.4, 0.5) is 0 Å². The van der Waals surface area contributed by atoms with Gasteiger partial charge in [0.05, 0.1) is 13.2 Å². The molecule has 3 rings (SSSR count). The minimum Gasteiger partial charge on any atom is -0.490 e. The van der Waals surface area contributed by atoms with E-state index in [9.17, 15) is 4.79 Å². The summed E-state index contributed by atoms with van der Waals surface area (Å²) in [5, 5.41) is 0. The monoisotopic (exact) mass is 354 g/mol. The summed E-state index contributed by atoms with van der Waals surface area (Å²) >= 11 is 0. The Kier molecular flexibility index (Phi) is 5.79. The van der Waals surface area contributed by atoms with Gasteiger partial charge in [0.15, 0.2) is 28.8 Å². The number of hydrogen-bond acceptors (Lipinski definition) is 5. The first-order valence-corrected chi connectivity index (χ1v) is 8.73. The van der Waals surface area contributed by atoms with E-state index in [4.69, 9.17) is 18.9 Å². The first kappa shape index (κ1) is 17.9. The zero-order valence-corrected chi connectivity index (χ0v) is 15.0. The highest BCUT2D eigenvalue weighted by molar-refractivity contribution is 6.07. The molecule has 1 aliphatic rings. The standard InChI is InChI=1S/C21H22O5/c1-3-11-24-18-9-6-15(12-20(18)23-4-2)5-8-17(22)16-7-10-19-21(13-16)26-14-25-19/h5-10,12-13H,3-4,11,14H2,1-2H3/b8-5+. The molecule has 0 saturated heterocycles. The molecule has 0 saturated carbocycles. The van der Waals surface area contributed by atoms with Crippen LogP contribution in [0.3, 0.4) is 0 Å². The van der Waals surface area contributed by atoms with Crippen LogP contribution in [0.2, 0.25) is 0 Å². The highest BCUT2D eigenvalue weighted by Crippen LogP contribution is 2.33. The third kappa shape index (κ3) is 4.17. The molecular formula is C21H22O5. The van der Waals surface area contributed by atoms with Gasteiger partial charge in [-0.3, -0.25) is 4.79 Å². The molecule has 0 unspecified atom stereocenters. The van der Waals surface area contributed by atoms with Crippen molar-refractivity contribution in [2.45, 2.75) is 20.3 Å². The zero-order valence-electron chi connectivity index (χ0n) is 15.0. The number of ether oxygens (including phenoxy) is 4. The van der Waals surface area contributed by atoms with Crippen molar-refractivity contribution >= 4 is 11.9 Å². The predicted molar refractivity (Wildman–Crippen MR) is 99.3 cm³/mol. The number of ketones is 1. The Morgan fingerprint density at radius 3 is 2.69 bits per heavy atom. The molecule has 0 amide bonds. The fraction of sp³-hybridized carbons (Fsp3) is 0.286. The molecule has 0 aromatic heterocycles. The van der Waals surface area contributed by atoms with Gasteiger partial charge in [0.2, 0.25) is 6.79 Å². The van der Waals surface area contributed by atoms with Crippen LogP contribution in [0.25, 0.3) is 6.08 Å². The predicted octanol–water partition coefficient (Wildman–Crippen LogP) is 4.50. The highest BCUT2D eigenvalue weighted by Gasteiger charge is 2.15. The Labute approximate surface area is 153 Å². The summed E-state index contributed by atoms with van der Waals surface area (Å²) in [6.45, 7) is 5.35. The second-order valence-corrected chi connectivity index (χ2v) is 5.75. The number of allylic oxidation sites excluding steroid dienone is 1. The average molecular weight is 354 g/mol. The fourth-order valence-electron chi connectivity index (χ4n) is 2.55. The number of carbonyl (C=O) groups excluding carboxylic acids is 1. The van der Waals surface area contributed by atoms with Gasteiger partial charge >= 0.3 is 0 Å². The van der Waals surface area contributed by atoms with Crippen molar-refractivity contribution in [2.24, 2.45) is 0 Å². The topological polar surface area (TPSA) is 54.0 Å². The Balaban J connectivity index is 1.74. The molecule has 0 radical (unpaired) electrons. The maximum Gasteiger partial charge on any atom is 0.231 e. The van der Waals surface area contributed by atoms with Crippen LogP contribution in [-0.4, -0.2) is 25.8 Å². The second-order valence-electron chi connectivity index (χ2n) is 5.75. The van der Waals surface area contributed by atoms with Crippen LogP contribution < -0.4 is 18.9 Å². The lowest BCUT2D eigenvalue weighted by molar-refractivity contribution is 0.104. The third-order valence-corrected chi connectivity index (χ3v) is 3.81. The number of benzene rings is 2. The lowest BCUT2D eigenvalue weighted by Crippen LogP contribution is -2.00. The van der Waals surface area contributed by atoms with E-state index in [-0.39, 0.29) is 12.6 Å². The molecule has 0 atom stereocenters. The lowest BCUT2D eigenvalue weighted by atomic mass is 10.1. The summed E-state index contributed by atoms with van der Waals surface area (Å²) in [7, 11) is 0. The summed E-state index contributed by atoms with van der Waals surface area (Å²) in [6.07, 6.45) is 4.23. The summed E-state index contributed by atoms with van der Waals surface area (Å²) in [5.41, 5.74) is 1.42. The smallest absolute Gasteiger partial charge is 0.231 e. The van der Waals surface area contributed by atoms with Gasteiger partial charge in [-0.25, -0.2) is 0 Å². The van der Waals surface area contributed by atoms with Gasteiger partial charge in [-0.1, -0.05) is 19.1 Å². The Morgan fingerprint density at radius 1 is 1.04 bits per heavy atom. The van der Waals surface area contributed by atoms with Gasteiger partial charge in [-0.15, -0.1) is 0 Å². The average Bonchev–Trinajstić information content (AvgIpc) is 3.13. The second kappa shape index (κ2) is 8.43. The van der Waals surface area contributed by atoms with Gasteiger partial charge in [-0.05, 0) is 55.3 Å². The van der Waals surface area contributed by atoms with Crippen molar-refractivity contribution in [3.63, 3.8) is 0 Å². The van der Waals surface area contributed by atoms with Gasteiger partial charge in [-0.2, -0.15) is 0 Å². The lowest BCUT2D eigenvalue weighted by Gasteiger charge is -2.12. The van der Waals surface area contributed by atoms with Crippen molar-refractivity contribution in [1.29, 1.82) is 0 Å². The molecule has 0 fully saturated rings. The van der Waals surface area contributed by atoms with Crippen LogP contribution >= 0.6 is 0 Å². The minimum atomic E-state index is -0.104. The molecule has 1 aliphatic heterocycles. The summed E-state index contributed by atoms with van der Waals surface area (Å²) in [4.78, 5) is 12.4. The highest BCUT2D eigenvalue weighted by atomic mass is 16.7. The van der Waals surface area contributed by atoms with E-state index in [1.165, 1.54) is 6.08 Å². The van der Waals surface area contributed by atoms with Crippen molar-refractivity contribution in [3.8, 4) is 23.0 Å². The maximum absolute atomic E-state index is 12.4. The van der Waals surface area contributed by atoms with E-state index in [0.717, 1.165) is 12.0 Å². The third-order valence-electron chi connectivity index (χ3n) is 3.81. The van der Waals surface area contributed by atoms with E-state index in [0.29, 0.717) is 41.8 Å². The molecule has 5 nitrogen and oxygen atoms in total. The molecule has 0 aliphatic carbocycles. The number of fused-ring (bicyclic) bond motifs is 1. The van der Waals surface area contributed by atoms with Crippen LogP contribution in [0.1, 0.15) is 36.2 Å². The number of carbonyl (C=O) groups is 1. The van der Waals surface area contributed by atoms with Crippen LogP contribution in [0.5, 0.6) is 23.0 Å². The fourth-order valence-corrected chi connectivity index (χ4v) is 2.55. The van der Waals surface area contributed by atoms with Gasteiger partial charge in [0, 0.05) is 5.56 Å². The molecule has 2 aromatic rings. The van der Waals surface area contributed by atoms with Gasteiger partial charge in [0.1, 0.15) is 0 Å². The quantitative estimate of drug-likeness (QED) is 0.516. The SMILES string of the molecule is CCCOc1ccc(/C=C/C(=O)c2ccc3c(c2)OCO3)cc1OCC. The van der Waals surface area contributed by atoms with Crippen molar-refractivity contribution < 1.29 is 23.7 Å². The van der Waals surface area contributed by atoms with Crippen molar-refractivity contribution in [1.82, 2.24) is 0 Å². The summed E-state index contributed by atoms with van der Waals surface area (Å²) in [6, 6.07) is 10.8. The molecule has 0 bridgehead atoms. The normalized spacial score (nSPS) is 12.4. The first-order valence-electron chi connectivity index (χ1n) is 8.73. The summed E-state index contributed by atoms with van der Waals surface area (Å²) in [5.74, 6) is 2.55. The number of rotatable bonds is 8. The Bertz CT molecular complexity index is 810. The Morgan fingerprint density at radius 2 is 1.88 bits per heavy atom. The van der Waals surface area contributed by atoms with Gasteiger partial charge in [0.25, 0.3) is 0 Å². The van der Waals surface area contributed by atoms with Crippen LogP contribution in [0, 0.1) is 0 Å². The molecule has 26 heavy (non-hydrogen) atoms. The van der Waals surface area contributed by atoms with Crippen molar-refractivity contribution in [2.75, 3.05) is 20.0 Å². The summed E-state index contributed by atoms with van der Waals surface area (Å²) < 4.78 is 21.9. The molecule has 2 aromatic carbocycles. The van der Waals surface area contributed by atoms with E-state index in [2.05, 4.69) is 6.92 Å². The van der Waals surface area contributed by atoms with E-state index < -0.39 is 0 Å². The molecule has 136 valence electrons. The molecule has 1 heterocycles. The molecule has 5 heteroatoms. The Hall–Kier alpha value is -2.95. The van der Waals surface area contributed by atoms with E-state index >= 15 is 0 Å². The largest absolute Gasteiger partial charge is 0.490 e. The van der Waals surface area contributed by atoms with E-state index in [1.54, 1.807) is 24.3 Å². The molecule has 0 N–H and O–H groups in total. The number of hydrogen-bond donors (Lipinski definition) is 0. The van der Waals surface area contributed by atoms with E-state index in [1.807, 2.05) is 25.1 Å².